The number of hydrogen-bond acceptors (Lipinski definition) is 6. The maximum Gasteiger partial charge on any atom is 0.126 e. The molecule has 0 atom stereocenters. The van der Waals surface area contributed by atoms with Gasteiger partial charge in [-0.05, 0) is 31.7 Å². The Morgan fingerprint density at radius 2 is 1.96 bits per heavy atom. The van der Waals surface area contributed by atoms with Crippen molar-refractivity contribution in [2.45, 2.75) is 76.9 Å². The molecule has 3 aromatic rings. The van der Waals surface area contributed by atoms with Crippen LogP contribution in [0.15, 0.2) is 11.4 Å². The third kappa shape index (κ3) is 3.59. The molecule has 0 saturated carbocycles. The Hall–Kier alpha value is -1.24. The summed E-state index contributed by atoms with van der Waals surface area (Å²) in [6.07, 6.45) is 3.59. The number of fused-ring (bicyclic) bond motifs is 5. The lowest BCUT2D eigenvalue weighted by molar-refractivity contribution is -0.0402. The van der Waals surface area contributed by atoms with E-state index in [0.717, 1.165) is 28.2 Å². The lowest BCUT2D eigenvalue weighted by Gasteiger charge is -2.33. The van der Waals surface area contributed by atoms with Crippen LogP contribution in [-0.4, -0.2) is 25.8 Å². The van der Waals surface area contributed by atoms with Crippen molar-refractivity contribution in [1.82, 2.24) is 15.0 Å². The second-order valence-corrected chi connectivity index (χ2v) is 11.2. The monoisotopic (exact) mass is 401 g/mol. The van der Waals surface area contributed by atoms with Crippen molar-refractivity contribution in [3.05, 3.63) is 23.1 Å². The summed E-state index contributed by atoms with van der Waals surface area (Å²) in [6, 6.07) is 0. The highest BCUT2D eigenvalue weighted by molar-refractivity contribution is 8.00. The first-order valence-corrected chi connectivity index (χ1v) is 11.3. The molecule has 1 aliphatic rings. The summed E-state index contributed by atoms with van der Waals surface area (Å²) in [5.41, 5.74) is 4.77. The lowest BCUT2D eigenvalue weighted by atomic mass is 9.88. The minimum absolute atomic E-state index is 0.160. The number of pyridine rings is 1. The third-order valence-corrected chi connectivity index (χ3v) is 7.04. The summed E-state index contributed by atoms with van der Waals surface area (Å²) in [5.74, 6) is 0.565. The number of aromatic nitrogens is 3. The Balaban J connectivity index is 2.02. The molecular weight excluding hydrogens is 374 g/mol. The third-order valence-electron chi connectivity index (χ3n) is 4.83. The average molecular weight is 402 g/mol. The first kappa shape index (κ1) is 19.1. The molecule has 0 fully saturated rings. The quantitative estimate of drug-likeness (QED) is 0.409. The Morgan fingerprint density at radius 1 is 1.19 bits per heavy atom. The van der Waals surface area contributed by atoms with Crippen molar-refractivity contribution in [3.8, 4) is 0 Å². The van der Waals surface area contributed by atoms with Gasteiger partial charge >= 0.3 is 0 Å². The van der Waals surface area contributed by atoms with E-state index in [2.05, 4.69) is 51.5 Å². The van der Waals surface area contributed by atoms with Crippen LogP contribution in [0.1, 0.15) is 58.4 Å². The number of hydrogen-bond donors (Lipinski definition) is 0. The predicted molar refractivity (Wildman–Crippen MR) is 115 cm³/mol. The molecule has 0 unspecified atom stereocenters. The van der Waals surface area contributed by atoms with Gasteiger partial charge in [-0.3, -0.25) is 0 Å². The fourth-order valence-corrected chi connectivity index (χ4v) is 5.81. The molecule has 4 nitrogen and oxygen atoms in total. The van der Waals surface area contributed by atoms with E-state index in [1.807, 2.05) is 0 Å². The van der Waals surface area contributed by atoms with Crippen molar-refractivity contribution in [2.24, 2.45) is 5.92 Å². The van der Waals surface area contributed by atoms with Crippen LogP contribution in [0.2, 0.25) is 0 Å². The molecule has 4 heterocycles. The summed E-state index contributed by atoms with van der Waals surface area (Å²) >= 11 is 3.55. The number of ether oxygens (including phenoxy) is 1. The highest BCUT2D eigenvalue weighted by Crippen LogP contribution is 2.43. The van der Waals surface area contributed by atoms with Gasteiger partial charge in [-0.15, -0.1) is 23.1 Å². The smallest absolute Gasteiger partial charge is 0.126 e. The van der Waals surface area contributed by atoms with Gasteiger partial charge in [0.05, 0.1) is 22.4 Å². The fraction of sp³-hybridized carbons (Fsp3) is 0.571. The van der Waals surface area contributed by atoms with Crippen LogP contribution in [0.4, 0.5) is 0 Å². The molecule has 0 aliphatic carbocycles. The molecule has 27 heavy (non-hydrogen) atoms. The summed E-state index contributed by atoms with van der Waals surface area (Å²) in [6.45, 7) is 13.9. The van der Waals surface area contributed by atoms with Crippen LogP contribution in [0.25, 0.3) is 20.4 Å². The molecule has 6 heteroatoms. The second kappa shape index (κ2) is 6.98. The zero-order valence-corrected chi connectivity index (χ0v) is 18.6. The van der Waals surface area contributed by atoms with Gasteiger partial charge in [-0.1, -0.05) is 27.7 Å². The van der Waals surface area contributed by atoms with Crippen molar-refractivity contribution in [1.29, 1.82) is 0 Å². The molecule has 0 saturated heterocycles. The van der Waals surface area contributed by atoms with Gasteiger partial charge in [-0.25, -0.2) is 15.0 Å². The van der Waals surface area contributed by atoms with Crippen molar-refractivity contribution >= 4 is 43.5 Å². The summed E-state index contributed by atoms with van der Waals surface area (Å²) in [7, 11) is 0. The van der Waals surface area contributed by atoms with Crippen LogP contribution in [0.5, 0.6) is 0 Å². The van der Waals surface area contributed by atoms with Gasteiger partial charge in [0.25, 0.3) is 0 Å². The Kier molecular flexibility index (Phi) is 4.93. The van der Waals surface area contributed by atoms with Crippen LogP contribution < -0.4 is 0 Å². The molecule has 144 valence electrons. The van der Waals surface area contributed by atoms with Crippen molar-refractivity contribution < 1.29 is 4.74 Å². The van der Waals surface area contributed by atoms with Gasteiger partial charge in [0, 0.05) is 28.3 Å². The molecule has 3 aromatic heterocycles. The summed E-state index contributed by atoms with van der Waals surface area (Å²) in [4.78, 5) is 15.4. The van der Waals surface area contributed by atoms with E-state index in [4.69, 9.17) is 9.72 Å². The predicted octanol–water partition coefficient (Wildman–Crippen LogP) is 5.79. The van der Waals surface area contributed by atoms with Gasteiger partial charge in [0.2, 0.25) is 0 Å². The zero-order chi connectivity index (χ0) is 19.3. The van der Waals surface area contributed by atoms with E-state index in [-0.39, 0.29) is 5.60 Å². The van der Waals surface area contributed by atoms with Crippen LogP contribution in [0.3, 0.4) is 0 Å². The molecule has 0 radical (unpaired) electrons. The summed E-state index contributed by atoms with van der Waals surface area (Å²) in [5, 5.41) is 2.78. The van der Waals surface area contributed by atoms with Crippen molar-refractivity contribution in [3.63, 3.8) is 0 Å². The van der Waals surface area contributed by atoms with E-state index < -0.39 is 0 Å². The molecule has 0 aromatic carbocycles. The zero-order valence-electron chi connectivity index (χ0n) is 16.9. The first-order valence-electron chi connectivity index (χ1n) is 9.63. The maximum atomic E-state index is 6.15. The molecule has 1 aliphatic heterocycles. The molecule has 0 spiro atoms. The van der Waals surface area contributed by atoms with Gasteiger partial charge in [-0.2, -0.15) is 0 Å². The van der Waals surface area contributed by atoms with E-state index in [1.54, 1.807) is 29.4 Å². The normalized spacial score (nSPS) is 16.6. The van der Waals surface area contributed by atoms with E-state index in [0.29, 0.717) is 17.8 Å². The summed E-state index contributed by atoms with van der Waals surface area (Å²) < 4.78 is 7.33. The minimum Gasteiger partial charge on any atom is -0.370 e. The molecule has 0 bridgehead atoms. The number of rotatable bonds is 4. The Morgan fingerprint density at radius 3 is 2.67 bits per heavy atom. The highest BCUT2D eigenvalue weighted by atomic mass is 32.2. The van der Waals surface area contributed by atoms with Gasteiger partial charge < -0.3 is 4.74 Å². The largest absolute Gasteiger partial charge is 0.370 e. The van der Waals surface area contributed by atoms with E-state index >= 15 is 0 Å². The van der Waals surface area contributed by atoms with Crippen LogP contribution in [0, 0.1) is 5.92 Å². The SMILES string of the molecule is CC(C)Cc1nc2sc3c(SC(C)C)ncnc3c2c2c1COC(C)(C)C2. The number of thioether (sulfide) groups is 1. The standard InChI is InChI=1S/C21H27N3OS2/c1-11(2)7-15-14-9-25-21(5,6)8-13(14)16-17-18(27-19(16)24-15)20(23-10-22-17)26-12(3)4/h10-12H,7-9H2,1-6H3. The second-order valence-electron chi connectivity index (χ2n) is 8.64. The van der Waals surface area contributed by atoms with Crippen LogP contribution in [-0.2, 0) is 24.2 Å². The van der Waals surface area contributed by atoms with Gasteiger partial charge in [0.15, 0.2) is 0 Å². The molecule has 0 N–H and O–H groups in total. The molecular formula is C21H27N3OS2. The number of nitrogens with zero attached hydrogens (tertiary/aromatic N) is 3. The topological polar surface area (TPSA) is 47.9 Å². The van der Waals surface area contributed by atoms with E-state index in [1.165, 1.54) is 26.9 Å². The van der Waals surface area contributed by atoms with Gasteiger partial charge in [0.1, 0.15) is 16.2 Å². The first-order chi connectivity index (χ1) is 12.7. The Bertz CT molecular complexity index is 1010. The number of thiophene rings is 1. The fourth-order valence-electron chi connectivity index (χ4n) is 3.72. The average Bonchev–Trinajstić information content (AvgIpc) is 2.92. The lowest BCUT2D eigenvalue weighted by Crippen LogP contribution is -2.33. The maximum absolute atomic E-state index is 6.15. The molecule has 4 rings (SSSR count). The van der Waals surface area contributed by atoms with E-state index in [9.17, 15) is 0 Å². The highest BCUT2D eigenvalue weighted by Gasteiger charge is 2.31. The van der Waals surface area contributed by atoms with Crippen LogP contribution >= 0.6 is 23.1 Å². The van der Waals surface area contributed by atoms with Crippen molar-refractivity contribution in [2.75, 3.05) is 0 Å². The minimum atomic E-state index is -0.160. The molecule has 0 amide bonds. The Labute approximate surface area is 169 Å².